The summed E-state index contributed by atoms with van der Waals surface area (Å²) in [5.41, 5.74) is 0.373. The van der Waals surface area contributed by atoms with Gasteiger partial charge in [-0.1, -0.05) is 6.07 Å². The Morgan fingerprint density at radius 3 is 2.46 bits per heavy atom. The first-order chi connectivity index (χ1) is 11.3. The van der Waals surface area contributed by atoms with Crippen molar-refractivity contribution in [1.82, 2.24) is 9.88 Å². The van der Waals surface area contributed by atoms with Crippen molar-refractivity contribution in [2.45, 2.75) is 20.0 Å². The summed E-state index contributed by atoms with van der Waals surface area (Å²) in [4.78, 5) is 17.9. The molecule has 1 amide bonds. The first-order valence-corrected chi connectivity index (χ1v) is 7.53. The SMILES string of the molecule is CCN(CC)C(=O)c1cncc(Nc2cccc(C(F)(F)F)c2)c1. The Labute approximate surface area is 138 Å². The number of hydrogen-bond donors (Lipinski definition) is 1. The van der Waals surface area contributed by atoms with Crippen LogP contribution >= 0.6 is 0 Å². The number of hydrogen-bond acceptors (Lipinski definition) is 3. The molecule has 0 aliphatic heterocycles. The van der Waals surface area contributed by atoms with Crippen LogP contribution in [-0.2, 0) is 6.18 Å². The Balaban J connectivity index is 2.23. The summed E-state index contributed by atoms with van der Waals surface area (Å²) < 4.78 is 38.3. The molecule has 0 unspecified atom stereocenters. The van der Waals surface area contributed by atoms with Crippen LogP contribution in [0, 0.1) is 0 Å². The normalized spacial score (nSPS) is 11.2. The van der Waals surface area contributed by atoms with Gasteiger partial charge in [0, 0.05) is 25.0 Å². The van der Waals surface area contributed by atoms with Crippen LogP contribution in [-0.4, -0.2) is 28.9 Å². The molecule has 7 heteroatoms. The molecular formula is C17H18F3N3O. The lowest BCUT2D eigenvalue weighted by atomic mass is 10.2. The van der Waals surface area contributed by atoms with Crippen molar-refractivity contribution in [3.05, 3.63) is 53.9 Å². The van der Waals surface area contributed by atoms with E-state index in [1.165, 1.54) is 24.5 Å². The van der Waals surface area contributed by atoms with Crippen LogP contribution in [0.5, 0.6) is 0 Å². The highest BCUT2D eigenvalue weighted by Gasteiger charge is 2.30. The van der Waals surface area contributed by atoms with Crippen molar-refractivity contribution >= 4 is 17.3 Å². The molecule has 0 radical (unpaired) electrons. The average Bonchev–Trinajstić information content (AvgIpc) is 2.55. The van der Waals surface area contributed by atoms with Crippen molar-refractivity contribution in [2.24, 2.45) is 0 Å². The lowest BCUT2D eigenvalue weighted by molar-refractivity contribution is -0.137. The van der Waals surface area contributed by atoms with Crippen LogP contribution in [0.3, 0.4) is 0 Å². The van der Waals surface area contributed by atoms with Gasteiger partial charge in [-0.05, 0) is 38.1 Å². The van der Waals surface area contributed by atoms with Crippen LogP contribution in [0.15, 0.2) is 42.7 Å². The molecule has 0 spiro atoms. The molecule has 1 aromatic heterocycles. The fraction of sp³-hybridized carbons (Fsp3) is 0.294. The average molecular weight is 337 g/mol. The maximum absolute atomic E-state index is 12.8. The molecule has 0 saturated carbocycles. The summed E-state index contributed by atoms with van der Waals surface area (Å²) >= 11 is 0. The van der Waals surface area contributed by atoms with E-state index in [0.717, 1.165) is 12.1 Å². The Bertz CT molecular complexity index is 712. The second kappa shape index (κ2) is 7.33. The van der Waals surface area contributed by atoms with E-state index >= 15 is 0 Å². The molecule has 0 bridgehead atoms. The second-order valence-corrected chi connectivity index (χ2v) is 5.14. The number of nitrogens with one attached hydrogen (secondary N) is 1. The van der Waals surface area contributed by atoms with Gasteiger partial charge in [-0.2, -0.15) is 13.2 Å². The van der Waals surface area contributed by atoms with Crippen molar-refractivity contribution in [1.29, 1.82) is 0 Å². The number of rotatable bonds is 5. The van der Waals surface area contributed by atoms with Gasteiger partial charge in [-0.3, -0.25) is 9.78 Å². The van der Waals surface area contributed by atoms with Crippen LogP contribution in [0.2, 0.25) is 0 Å². The Hall–Kier alpha value is -2.57. The highest BCUT2D eigenvalue weighted by molar-refractivity contribution is 5.94. The number of carbonyl (C=O) groups is 1. The van der Waals surface area contributed by atoms with Crippen molar-refractivity contribution in [2.75, 3.05) is 18.4 Å². The lowest BCUT2D eigenvalue weighted by Crippen LogP contribution is -2.30. The van der Waals surface area contributed by atoms with Crippen LogP contribution in [0.25, 0.3) is 0 Å². The van der Waals surface area contributed by atoms with E-state index in [4.69, 9.17) is 0 Å². The third kappa shape index (κ3) is 4.24. The van der Waals surface area contributed by atoms with Gasteiger partial charge in [0.1, 0.15) is 0 Å². The van der Waals surface area contributed by atoms with Gasteiger partial charge in [-0.25, -0.2) is 0 Å². The largest absolute Gasteiger partial charge is 0.416 e. The molecule has 0 aliphatic rings. The zero-order chi connectivity index (χ0) is 17.7. The number of amides is 1. The van der Waals surface area contributed by atoms with E-state index < -0.39 is 11.7 Å². The van der Waals surface area contributed by atoms with Crippen molar-refractivity contribution < 1.29 is 18.0 Å². The Morgan fingerprint density at radius 1 is 1.12 bits per heavy atom. The highest BCUT2D eigenvalue weighted by Crippen LogP contribution is 2.31. The van der Waals surface area contributed by atoms with E-state index in [1.807, 2.05) is 13.8 Å². The van der Waals surface area contributed by atoms with E-state index in [9.17, 15) is 18.0 Å². The number of carbonyl (C=O) groups excluding carboxylic acids is 1. The quantitative estimate of drug-likeness (QED) is 0.883. The topological polar surface area (TPSA) is 45.2 Å². The summed E-state index contributed by atoms with van der Waals surface area (Å²) in [7, 11) is 0. The predicted octanol–water partition coefficient (Wildman–Crippen LogP) is 4.33. The fourth-order valence-electron chi connectivity index (χ4n) is 2.26. The van der Waals surface area contributed by atoms with Crippen LogP contribution < -0.4 is 5.32 Å². The minimum atomic E-state index is -4.41. The molecule has 1 heterocycles. The molecule has 2 rings (SSSR count). The summed E-state index contributed by atoms with van der Waals surface area (Å²) in [6.45, 7) is 4.89. The van der Waals surface area contributed by atoms with Crippen molar-refractivity contribution in [3.63, 3.8) is 0 Å². The number of pyridine rings is 1. The minimum Gasteiger partial charge on any atom is -0.354 e. The molecule has 4 nitrogen and oxygen atoms in total. The smallest absolute Gasteiger partial charge is 0.354 e. The summed E-state index contributed by atoms with van der Waals surface area (Å²) in [6.07, 6.45) is -1.51. The Kier molecular flexibility index (Phi) is 5.43. The van der Waals surface area contributed by atoms with E-state index in [1.54, 1.807) is 11.0 Å². The number of halogens is 3. The number of alkyl halides is 3. The molecule has 0 fully saturated rings. The number of aromatic nitrogens is 1. The summed E-state index contributed by atoms with van der Waals surface area (Å²) in [5, 5.41) is 2.85. The predicted molar refractivity (Wildman–Crippen MR) is 86.2 cm³/mol. The summed E-state index contributed by atoms with van der Waals surface area (Å²) in [6, 6.07) is 6.44. The van der Waals surface area contributed by atoms with Gasteiger partial charge in [0.2, 0.25) is 0 Å². The van der Waals surface area contributed by atoms with Gasteiger partial charge in [-0.15, -0.1) is 0 Å². The molecule has 2 aromatic rings. The van der Waals surface area contributed by atoms with Crippen LogP contribution in [0.1, 0.15) is 29.8 Å². The number of anilines is 2. The minimum absolute atomic E-state index is 0.166. The maximum Gasteiger partial charge on any atom is 0.416 e. The van der Waals surface area contributed by atoms with E-state index in [0.29, 0.717) is 24.3 Å². The molecule has 0 atom stereocenters. The molecule has 0 aliphatic carbocycles. The zero-order valence-electron chi connectivity index (χ0n) is 13.4. The zero-order valence-corrected chi connectivity index (χ0v) is 13.4. The first kappa shape index (κ1) is 17.8. The number of nitrogens with zero attached hydrogens (tertiary/aromatic N) is 2. The van der Waals surface area contributed by atoms with E-state index in [2.05, 4.69) is 10.3 Å². The fourth-order valence-corrected chi connectivity index (χ4v) is 2.26. The van der Waals surface area contributed by atoms with Gasteiger partial charge in [0.05, 0.1) is 23.0 Å². The molecule has 1 aromatic carbocycles. The highest BCUT2D eigenvalue weighted by atomic mass is 19.4. The third-order valence-electron chi connectivity index (χ3n) is 3.51. The molecule has 128 valence electrons. The third-order valence-corrected chi connectivity index (χ3v) is 3.51. The van der Waals surface area contributed by atoms with Gasteiger partial charge < -0.3 is 10.2 Å². The van der Waals surface area contributed by atoms with Gasteiger partial charge >= 0.3 is 6.18 Å². The molecule has 0 saturated heterocycles. The summed E-state index contributed by atoms with van der Waals surface area (Å²) in [5.74, 6) is -0.166. The molecule has 24 heavy (non-hydrogen) atoms. The van der Waals surface area contributed by atoms with Crippen molar-refractivity contribution in [3.8, 4) is 0 Å². The lowest BCUT2D eigenvalue weighted by Gasteiger charge is -2.18. The maximum atomic E-state index is 12.8. The van der Waals surface area contributed by atoms with Gasteiger partial charge in [0.25, 0.3) is 5.91 Å². The first-order valence-electron chi connectivity index (χ1n) is 7.53. The molecule has 1 N–H and O–H groups in total. The molecular weight excluding hydrogens is 319 g/mol. The van der Waals surface area contributed by atoms with Gasteiger partial charge in [0.15, 0.2) is 0 Å². The van der Waals surface area contributed by atoms with E-state index in [-0.39, 0.29) is 11.6 Å². The number of benzene rings is 1. The van der Waals surface area contributed by atoms with Crippen LogP contribution in [0.4, 0.5) is 24.5 Å². The monoisotopic (exact) mass is 337 g/mol. The second-order valence-electron chi connectivity index (χ2n) is 5.14. The Morgan fingerprint density at radius 2 is 1.83 bits per heavy atom. The standard InChI is InChI=1S/C17H18F3N3O/c1-3-23(4-2)16(24)12-8-15(11-21-10-12)22-14-7-5-6-13(9-14)17(18,19)20/h5-11,22H,3-4H2,1-2H3.